The van der Waals surface area contributed by atoms with Gasteiger partial charge in [-0.25, -0.2) is 0 Å². The fourth-order valence-electron chi connectivity index (χ4n) is 1.54. The van der Waals surface area contributed by atoms with Crippen LogP contribution in [0, 0.1) is 0 Å². The van der Waals surface area contributed by atoms with Crippen molar-refractivity contribution in [3.05, 3.63) is 28.8 Å². The molecular weight excluding hydrogens is 254 g/mol. The molecule has 1 aromatic carbocycles. The molecule has 1 aliphatic rings. The number of rotatable bonds is 6. The highest BCUT2D eigenvalue weighted by atomic mass is 35.5. The third-order valence-electron chi connectivity index (χ3n) is 2.71. The quantitative estimate of drug-likeness (QED) is 0.829. The second-order valence-corrected chi connectivity index (χ2v) is 4.77. The van der Waals surface area contributed by atoms with Crippen molar-refractivity contribution in [2.75, 3.05) is 6.61 Å². The first-order chi connectivity index (χ1) is 8.69. The van der Waals surface area contributed by atoms with Crippen LogP contribution in [0.4, 0.5) is 0 Å². The molecule has 1 fully saturated rings. The van der Waals surface area contributed by atoms with E-state index >= 15 is 0 Å². The number of carbonyl (C=O) groups excluding carboxylic acids is 1. The fourth-order valence-corrected chi connectivity index (χ4v) is 1.80. The maximum absolute atomic E-state index is 11.4. The van der Waals surface area contributed by atoms with Crippen LogP contribution in [0.1, 0.15) is 24.8 Å². The van der Waals surface area contributed by atoms with E-state index in [2.05, 4.69) is 5.32 Å². The summed E-state index contributed by atoms with van der Waals surface area (Å²) in [5.74, 6) is 0.550. The number of carbonyl (C=O) groups is 1. The van der Waals surface area contributed by atoms with Crippen molar-refractivity contribution in [3.63, 3.8) is 0 Å². The molecule has 0 unspecified atom stereocenters. The Bertz CT molecular complexity index is 432. The lowest BCUT2D eigenvalue weighted by atomic mass is 10.2. The highest BCUT2D eigenvalue weighted by Gasteiger charge is 2.22. The minimum atomic E-state index is -0.0518. The summed E-state index contributed by atoms with van der Waals surface area (Å²) in [6.07, 6.45) is 2.50. The third kappa shape index (κ3) is 3.89. The Morgan fingerprint density at radius 3 is 2.89 bits per heavy atom. The van der Waals surface area contributed by atoms with Gasteiger partial charge < -0.3 is 15.2 Å². The molecule has 0 aliphatic heterocycles. The molecule has 0 saturated heterocycles. The lowest BCUT2D eigenvalue weighted by molar-refractivity contribution is -0.121. The monoisotopic (exact) mass is 269 g/mol. The van der Waals surface area contributed by atoms with Crippen LogP contribution in [-0.4, -0.2) is 23.7 Å². The number of hydrogen-bond donors (Lipinski definition) is 2. The minimum Gasteiger partial charge on any atom is -0.491 e. The van der Waals surface area contributed by atoms with Crippen molar-refractivity contribution < 1.29 is 14.6 Å². The van der Waals surface area contributed by atoms with Crippen LogP contribution in [0.25, 0.3) is 0 Å². The number of aliphatic hydroxyl groups excluding tert-OH is 1. The molecule has 2 rings (SSSR count). The van der Waals surface area contributed by atoms with E-state index in [1.807, 2.05) is 0 Å². The third-order valence-corrected chi connectivity index (χ3v) is 3.00. The van der Waals surface area contributed by atoms with Crippen molar-refractivity contribution in [1.29, 1.82) is 0 Å². The van der Waals surface area contributed by atoms with E-state index in [0.29, 0.717) is 29.8 Å². The van der Waals surface area contributed by atoms with Gasteiger partial charge in [0, 0.05) is 6.04 Å². The maximum atomic E-state index is 11.4. The first kappa shape index (κ1) is 13.2. The van der Waals surface area contributed by atoms with Crippen molar-refractivity contribution in [1.82, 2.24) is 5.32 Å². The number of halogens is 1. The van der Waals surface area contributed by atoms with E-state index in [9.17, 15) is 4.79 Å². The first-order valence-electron chi connectivity index (χ1n) is 6.00. The largest absolute Gasteiger partial charge is 0.491 e. The Hall–Kier alpha value is -1.26. The molecule has 0 atom stereocenters. The average molecular weight is 270 g/mol. The molecule has 5 heteroatoms. The molecule has 0 aromatic heterocycles. The normalized spacial score (nSPS) is 14.3. The van der Waals surface area contributed by atoms with Crippen LogP contribution in [0.15, 0.2) is 18.2 Å². The summed E-state index contributed by atoms with van der Waals surface area (Å²) in [4.78, 5) is 11.4. The smallest absolute Gasteiger partial charge is 0.223 e. The summed E-state index contributed by atoms with van der Waals surface area (Å²) in [6.45, 7) is 0.251. The maximum Gasteiger partial charge on any atom is 0.223 e. The number of ether oxygens (including phenoxy) is 1. The molecule has 4 nitrogen and oxygen atoms in total. The van der Waals surface area contributed by atoms with Crippen LogP contribution in [0.3, 0.4) is 0 Å². The van der Waals surface area contributed by atoms with Crippen molar-refractivity contribution in [2.45, 2.75) is 31.9 Å². The van der Waals surface area contributed by atoms with Gasteiger partial charge in [0.2, 0.25) is 5.91 Å². The van der Waals surface area contributed by atoms with Crippen molar-refractivity contribution >= 4 is 17.5 Å². The molecule has 0 spiro atoms. The van der Waals surface area contributed by atoms with Gasteiger partial charge in [0.05, 0.1) is 24.7 Å². The summed E-state index contributed by atoms with van der Waals surface area (Å²) in [6, 6.07) is 5.48. The molecule has 2 N–H and O–H groups in total. The van der Waals surface area contributed by atoms with Gasteiger partial charge in [0.15, 0.2) is 0 Å². The topological polar surface area (TPSA) is 58.6 Å². The number of amides is 1. The Kier molecular flexibility index (Phi) is 4.44. The zero-order valence-electron chi connectivity index (χ0n) is 9.99. The van der Waals surface area contributed by atoms with Gasteiger partial charge >= 0.3 is 0 Å². The van der Waals surface area contributed by atoms with E-state index in [0.717, 1.165) is 18.4 Å². The zero-order valence-corrected chi connectivity index (χ0v) is 10.7. The highest BCUT2D eigenvalue weighted by molar-refractivity contribution is 6.32. The van der Waals surface area contributed by atoms with E-state index < -0.39 is 0 Å². The summed E-state index contributed by atoms with van der Waals surface area (Å²) in [7, 11) is 0. The molecular formula is C13H16ClNO3. The lowest BCUT2D eigenvalue weighted by Gasteiger charge is -2.09. The van der Waals surface area contributed by atoms with Crippen LogP contribution < -0.4 is 10.1 Å². The fraction of sp³-hybridized carbons (Fsp3) is 0.462. The number of benzene rings is 1. The van der Waals surface area contributed by atoms with E-state index in [-0.39, 0.29) is 12.5 Å². The molecule has 0 bridgehead atoms. The number of nitrogens with one attached hydrogen (secondary N) is 1. The second-order valence-electron chi connectivity index (χ2n) is 4.36. The Balaban J connectivity index is 1.76. The lowest BCUT2D eigenvalue weighted by Crippen LogP contribution is -2.26. The molecule has 1 saturated carbocycles. The molecule has 18 heavy (non-hydrogen) atoms. The highest BCUT2D eigenvalue weighted by Crippen LogP contribution is 2.25. The van der Waals surface area contributed by atoms with Gasteiger partial charge in [0.25, 0.3) is 0 Å². The minimum absolute atomic E-state index is 0.0144. The molecule has 98 valence electrons. The summed E-state index contributed by atoms with van der Waals surface area (Å²) < 4.78 is 5.43. The van der Waals surface area contributed by atoms with Gasteiger partial charge in [-0.15, -0.1) is 0 Å². The Labute approximate surface area is 111 Å². The SMILES string of the molecule is O=C(CCOc1ccc(CO)cc1Cl)NC1CC1. The molecule has 1 aromatic rings. The van der Waals surface area contributed by atoms with Crippen LogP contribution >= 0.6 is 11.6 Å². The van der Waals surface area contributed by atoms with E-state index in [4.69, 9.17) is 21.4 Å². The summed E-state index contributed by atoms with van der Waals surface area (Å²) >= 11 is 5.98. The Morgan fingerprint density at radius 2 is 2.28 bits per heavy atom. The zero-order chi connectivity index (χ0) is 13.0. The standard InChI is InChI=1S/C13H16ClNO3/c14-11-7-9(8-16)1-4-12(11)18-6-5-13(17)15-10-2-3-10/h1,4,7,10,16H,2-3,5-6,8H2,(H,15,17). The second kappa shape index (κ2) is 6.07. The first-order valence-corrected chi connectivity index (χ1v) is 6.38. The van der Waals surface area contributed by atoms with Crippen molar-refractivity contribution in [3.8, 4) is 5.75 Å². The predicted molar refractivity (Wildman–Crippen MR) is 68.7 cm³/mol. The predicted octanol–water partition coefficient (Wildman–Crippen LogP) is 1.88. The molecule has 1 amide bonds. The molecule has 0 radical (unpaired) electrons. The van der Waals surface area contributed by atoms with Crippen LogP contribution in [-0.2, 0) is 11.4 Å². The van der Waals surface area contributed by atoms with Gasteiger partial charge in [-0.1, -0.05) is 17.7 Å². The van der Waals surface area contributed by atoms with Gasteiger partial charge in [-0.3, -0.25) is 4.79 Å². The summed E-state index contributed by atoms with van der Waals surface area (Å²) in [5, 5.41) is 12.3. The van der Waals surface area contributed by atoms with Gasteiger partial charge in [0.1, 0.15) is 5.75 Å². The van der Waals surface area contributed by atoms with E-state index in [1.54, 1.807) is 18.2 Å². The van der Waals surface area contributed by atoms with E-state index in [1.165, 1.54) is 0 Å². The van der Waals surface area contributed by atoms with Crippen LogP contribution in [0.2, 0.25) is 5.02 Å². The Morgan fingerprint density at radius 1 is 1.50 bits per heavy atom. The van der Waals surface area contributed by atoms with Gasteiger partial charge in [-0.2, -0.15) is 0 Å². The summed E-state index contributed by atoms with van der Waals surface area (Å²) in [5.41, 5.74) is 0.735. The molecule has 1 aliphatic carbocycles. The average Bonchev–Trinajstić information content (AvgIpc) is 3.15. The van der Waals surface area contributed by atoms with Crippen LogP contribution in [0.5, 0.6) is 5.75 Å². The van der Waals surface area contributed by atoms with Crippen molar-refractivity contribution in [2.24, 2.45) is 0 Å². The number of aliphatic hydroxyl groups is 1. The number of hydrogen-bond acceptors (Lipinski definition) is 3. The molecule has 0 heterocycles. The van der Waals surface area contributed by atoms with Gasteiger partial charge in [-0.05, 0) is 30.5 Å².